The number of hydrogen-bond donors (Lipinski definition) is 1. The summed E-state index contributed by atoms with van der Waals surface area (Å²) in [5.41, 5.74) is 4.79. The summed E-state index contributed by atoms with van der Waals surface area (Å²) in [7, 11) is 3.28. The lowest BCUT2D eigenvalue weighted by Crippen LogP contribution is -2.36. The third-order valence-electron chi connectivity index (χ3n) is 3.81. The summed E-state index contributed by atoms with van der Waals surface area (Å²) in [5.74, 6) is -1.23. The highest BCUT2D eigenvalue weighted by atomic mass is 19.4. The lowest BCUT2D eigenvalue weighted by atomic mass is 10.1. The van der Waals surface area contributed by atoms with Crippen LogP contribution in [0.15, 0.2) is 42.6 Å². The minimum absolute atomic E-state index is 0.232. The van der Waals surface area contributed by atoms with Gasteiger partial charge in [0.15, 0.2) is 0 Å². The Bertz CT molecular complexity index is 734. The summed E-state index contributed by atoms with van der Waals surface area (Å²) in [5, 5.41) is 0. The maximum atomic E-state index is 13.1. The van der Waals surface area contributed by atoms with E-state index in [4.69, 9.17) is 5.73 Å². The molecule has 1 amide bonds. The number of alkyl halides is 3. The van der Waals surface area contributed by atoms with Crippen molar-refractivity contribution in [2.45, 2.75) is 6.18 Å². The number of benzene rings is 1. The molecule has 0 radical (unpaired) electrons. The van der Waals surface area contributed by atoms with Gasteiger partial charge in [0, 0.05) is 39.1 Å². The predicted molar refractivity (Wildman–Crippen MR) is 90.3 cm³/mol. The number of para-hydroxylation sites is 1. The largest absolute Gasteiger partial charge is 0.417 e. The van der Waals surface area contributed by atoms with Gasteiger partial charge in [0.25, 0.3) is 5.91 Å². The molecule has 2 N–H and O–H groups in total. The Kier molecular flexibility index (Phi) is 5.51. The van der Waals surface area contributed by atoms with Gasteiger partial charge < -0.3 is 15.5 Å². The highest BCUT2D eigenvalue weighted by Crippen LogP contribution is 2.34. The SMILES string of the molecule is CN(CCN(C)c1ccccc1)C(=O)c1c(C(F)(F)F)ccnc1N. The fraction of sp³-hybridized carbons (Fsp3) is 0.294. The van der Waals surface area contributed by atoms with Crippen molar-refractivity contribution in [1.82, 2.24) is 9.88 Å². The Morgan fingerprint density at radius 2 is 1.76 bits per heavy atom. The first-order valence-corrected chi connectivity index (χ1v) is 7.55. The molecule has 1 aromatic heterocycles. The van der Waals surface area contributed by atoms with Crippen LogP contribution in [-0.2, 0) is 6.18 Å². The fourth-order valence-corrected chi connectivity index (χ4v) is 2.34. The lowest BCUT2D eigenvalue weighted by Gasteiger charge is -2.25. The number of aromatic nitrogens is 1. The van der Waals surface area contributed by atoms with E-state index in [1.54, 1.807) is 0 Å². The molecule has 0 saturated carbocycles. The topological polar surface area (TPSA) is 62.5 Å². The molecule has 0 spiro atoms. The van der Waals surface area contributed by atoms with Crippen LogP contribution in [0.5, 0.6) is 0 Å². The van der Waals surface area contributed by atoms with Crippen LogP contribution in [0.25, 0.3) is 0 Å². The van der Waals surface area contributed by atoms with Crippen molar-refractivity contribution in [3.8, 4) is 0 Å². The van der Waals surface area contributed by atoms with Gasteiger partial charge in [0.2, 0.25) is 0 Å². The zero-order valence-electron chi connectivity index (χ0n) is 13.9. The molecule has 5 nitrogen and oxygen atoms in total. The van der Waals surface area contributed by atoms with Crippen LogP contribution in [-0.4, -0.2) is 43.0 Å². The average molecular weight is 352 g/mol. The number of nitrogens with zero attached hydrogens (tertiary/aromatic N) is 3. The smallest absolute Gasteiger partial charge is 0.383 e. The summed E-state index contributed by atoms with van der Waals surface area (Å²) in [6.07, 6.45) is -3.73. The number of amides is 1. The van der Waals surface area contributed by atoms with Gasteiger partial charge in [-0.15, -0.1) is 0 Å². The van der Waals surface area contributed by atoms with Crippen molar-refractivity contribution >= 4 is 17.4 Å². The summed E-state index contributed by atoms with van der Waals surface area (Å²) >= 11 is 0. The van der Waals surface area contributed by atoms with E-state index in [1.165, 1.54) is 11.9 Å². The Labute approximate surface area is 143 Å². The third kappa shape index (κ3) is 4.40. The number of nitrogens with two attached hydrogens (primary N) is 1. The molecule has 0 bridgehead atoms. The van der Waals surface area contributed by atoms with Crippen LogP contribution >= 0.6 is 0 Å². The molecule has 134 valence electrons. The van der Waals surface area contributed by atoms with Crippen LogP contribution in [0.4, 0.5) is 24.7 Å². The minimum Gasteiger partial charge on any atom is -0.383 e. The monoisotopic (exact) mass is 352 g/mol. The van der Waals surface area contributed by atoms with Gasteiger partial charge in [0.05, 0.1) is 11.1 Å². The molecule has 0 aliphatic rings. The maximum absolute atomic E-state index is 13.1. The highest BCUT2D eigenvalue weighted by Gasteiger charge is 2.37. The van der Waals surface area contributed by atoms with Crippen molar-refractivity contribution in [2.24, 2.45) is 0 Å². The van der Waals surface area contributed by atoms with E-state index < -0.39 is 29.0 Å². The molecular formula is C17H19F3N4O. The van der Waals surface area contributed by atoms with Crippen LogP contribution in [0.2, 0.25) is 0 Å². The molecule has 2 rings (SSSR count). The summed E-state index contributed by atoms with van der Waals surface area (Å²) in [6, 6.07) is 10.2. The number of rotatable bonds is 5. The second kappa shape index (κ2) is 7.42. The molecular weight excluding hydrogens is 333 g/mol. The van der Waals surface area contributed by atoms with Crippen molar-refractivity contribution in [1.29, 1.82) is 0 Å². The quantitative estimate of drug-likeness (QED) is 0.899. The number of carbonyl (C=O) groups excluding carboxylic acids is 1. The molecule has 25 heavy (non-hydrogen) atoms. The van der Waals surface area contributed by atoms with E-state index in [1.807, 2.05) is 42.3 Å². The standard InChI is InChI=1S/C17H19F3N4O/c1-23(12-6-4-3-5-7-12)10-11-24(2)16(25)14-13(17(18,19)20)8-9-22-15(14)21/h3-9H,10-11H2,1-2H3,(H2,21,22). The molecule has 1 aromatic carbocycles. The number of carbonyl (C=O) groups is 1. The van der Waals surface area contributed by atoms with Crippen LogP contribution in [0.1, 0.15) is 15.9 Å². The van der Waals surface area contributed by atoms with E-state index in [0.717, 1.165) is 18.0 Å². The molecule has 0 fully saturated rings. The summed E-state index contributed by atoms with van der Waals surface area (Å²) < 4.78 is 39.4. The maximum Gasteiger partial charge on any atom is 0.417 e. The molecule has 0 aliphatic heterocycles. The molecule has 1 heterocycles. The average Bonchev–Trinajstić information content (AvgIpc) is 2.58. The second-order valence-electron chi connectivity index (χ2n) is 5.60. The van der Waals surface area contributed by atoms with E-state index in [2.05, 4.69) is 4.98 Å². The van der Waals surface area contributed by atoms with E-state index in [9.17, 15) is 18.0 Å². The molecule has 8 heteroatoms. The van der Waals surface area contributed by atoms with Crippen molar-refractivity contribution in [3.63, 3.8) is 0 Å². The van der Waals surface area contributed by atoms with E-state index in [-0.39, 0.29) is 6.54 Å². The number of likely N-dealkylation sites (N-methyl/N-ethyl adjacent to an activating group) is 2. The van der Waals surface area contributed by atoms with Gasteiger partial charge in [-0.2, -0.15) is 13.2 Å². The Morgan fingerprint density at radius 1 is 1.12 bits per heavy atom. The number of halogens is 3. The molecule has 0 aliphatic carbocycles. The highest BCUT2D eigenvalue weighted by molar-refractivity contribution is 5.99. The second-order valence-corrected chi connectivity index (χ2v) is 5.60. The molecule has 0 unspecified atom stereocenters. The minimum atomic E-state index is -4.68. The summed E-state index contributed by atoms with van der Waals surface area (Å²) in [6.45, 7) is 0.684. The Balaban J connectivity index is 2.13. The Morgan fingerprint density at radius 3 is 2.36 bits per heavy atom. The van der Waals surface area contributed by atoms with E-state index >= 15 is 0 Å². The first-order valence-electron chi connectivity index (χ1n) is 7.55. The zero-order chi connectivity index (χ0) is 18.6. The van der Waals surface area contributed by atoms with Gasteiger partial charge in [0.1, 0.15) is 5.82 Å². The Hall–Kier alpha value is -2.77. The van der Waals surface area contributed by atoms with Crippen LogP contribution in [0, 0.1) is 0 Å². The van der Waals surface area contributed by atoms with Gasteiger partial charge in [-0.1, -0.05) is 18.2 Å². The van der Waals surface area contributed by atoms with Crippen LogP contribution < -0.4 is 10.6 Å². The predicted octanol–water partition coefficient (Wildman–Crippen LogP) is 2.89. The van der Waals surface area contributed by atoms with Crippen molar-refractivity contribution in [3.05, 3.63) is 53.7 Å². The van der Waals surface area contributed by atoms with Gasteiger partial charge in [-0.25, -0.2) is 4.98 Å². The van der Waals surface area contributed by atoms with Gasteiger partial charge >= 0.3 is 6.18 Å². The van der Waals surface area contributed by atoms with E-state index in [0.29, 0.717) is 6.54 Å². The molecule has 0 atom stereocenters. The van der Waals surface area contributed by atoms with Gasteiger partial charge in [-0.05, 0) is 18.2 Å². The van der Waals surface area contributed by atoms with Crippen molar-refractivity contribution < 1.29 is 18.0 Å². The van der Waals surface area contributed by atoms with Crippen molar-refractivity contribution in [2.75, 3.05) is 37.8 Å². The number of pyridine rings is 1. The number of nitrogen functional groups attached to an aromatic ring is 1. The zero-order valence-corrected chi connectivity index (χ0v) is 13.9. The normalized spacial score (nSPS) is 11.2. The lowest BCUT2D eigenvalue weighted by molar-refractivity contribution is -0.138. The number of anilines is 2. The summed E-state index contributed by atoms with van der Waals surface area (Å²) in [4.78, 5) is 19.2. The first kappa shape index (κ1) is 18.6. The number of hydrogen-bond acceptors (Lipinski definition) is 4. The first-order chi connectivity index (χ1) is 11.7. The molecule has 0 saturated heterocycles. The fourth-order valence-electron chi connectivity index (χ4n) is 2.34. The third-order valence-corrected chi connectivity index (χ3v) is 3.81. The van der Waals surface area contributed by atoms with Gasteiger partial charge in [-0.3, -0.25) is 4.79 Å². The van der Waals surface area contributed by atoms with Crippen LogP contribution in [0.3, 0.4) is 0 Å². The molecule has 2 aromatic rings.